The average molecular weight is 371 g/mol. The predicted octanol–water partition coefficient (Wildman–Crippen LogP) is 3.07. The summed E-state index contributed by atoms with van der Waals surface area (Å²) in [6.45, 7) is 6.30. The standard InChI is InChI=1S/C21H29N3O3/c1-3-5-21(25)22-16-19(20-6-4-15-27-20)24-13-11-23(12-14-24)17-7-9-18(26-2)10-8-17/h4,6-10,15,19H,3,5,11-14,16H2,1-2H3,(H,22,25)/t19-/m0/s1. The molecule has 0 radical (unpaired) electrons. The van der Waals surface area contributed by atoms with Crippen molar-refractivity contribution in [2.45, 2.75) is 25.8 Å². The molecule has 0 aliphatic carbocycles. The maximum atomic E-state index is 11.9. The second-order valence-electron chi connectivity index (χ2n) is 6.81. The molecule has 0 spiro atoms. The molecule has 1 aliphatic heterocycles. The van der Waals surface area contributed by atoms with E-state index in [0.717, 1.165) is 44.1 Å². The van der Waals surface area contributed by atoms with Crippen molar-refractivity contribution in [2.75, 3.05) is 44.7 Å². The Kier molecular flexibility index (Phi) is 6.76. The Morgan fingerprint density at radius 3 is 2.52 bits per heavy atom. The molecule has 1 aromatic carbocycles. The van der Waals surface area contributed by atoms with Crippen LogP contribution in [0.15, 0.2) is 47.1 Å². The molecule has 0 bridgehead atoms. The molecule has 1 amide bonds. The van der Waals surface area contributed by atoms with E-state index < -0.39 is 0 Å². The second kappa shape index (κ2) is 9.46. The van der Waals surface area contributed by atoms with Gasteiger partial charge in [-0.1, -0.05) is 6.92 Å². The summed E-state index contributed by atoms with van der Waals surface area (Å²) in [6, 6.07) is 12.2. The predicted molar refractivity (Wildman–Crippen MR) is 106 cm³/mol. The maximum Gasteiger partial charge on any atom is 0.220 e. The molecular weight excluding hydrogens is 342 g/mol. The molecule has 1 saturated heterocycles. The first-order valence-corrected chi connectivity index (χ1v) is 9.64. The van der Waals surface area contributed by atoms with E-state index in [9.17, 15) is 4.79 Å². The fourth-order valence-corrected chi connectivity index (χ4v) is 3.50. The number of furan rings is 1. The van der Waals surface area contributed by atoms with Crippen LogP contribution < -0.4 is 15.0 Å². The van der Waals surface area contributed by atoms with Gasteiger partial charge in [0.1, 0.15) is 11.5 Å². The third-order valence-corrected chi connectivity index (χ3v) is 5.03. The lowest BCUT2D eigenvalue weighted by Gasteiger charge is -2.39. The Labute approximate surface area is 161 Å². The number of piperazine rings is 1. The first-order chi connectivity index (χ1) is 13.2. The fraction of sp³-hybridized carbons (Fsp3) is 0.476. The minimum absolute atomic E-state index is 0.0684. The third kappa shape index (κ3) is 5.04. The van der Waals surface area contributed by atoms with E-state index in [4.69, 9.17) is 9.15 Å². The van der Waals surface area contributed by atoms with Gasteiger partial charge in [0.2, 0.25) is 5.91 Å². The van der Waals surface area contributed by atoms with Gasteiger partial charge in [-0.3, -0.25) is 9.69 Å². The third-order valence-electron chi connectivity index (χ3n) is 5.03. The molecule has 6 heteroatoms. The van der Waals surface area contributed by atoms with Gasteiger partial charge in [0.05, 0.1) is 19.4 Å². The smallest absolute Gasteiger partial charge is 0.220 e. The molecule has 0 unspecified atom stereocenters. The minimum atomic E-state index is 0.0684. The van der Waals surface area contributed by atoms with E-state index in [1.807, 2.05) is 31.2 Å². The van der Waals surface area contributed by atoms with Gasteiger partial charge in [0.25, 0.3) is 0 Å². The molecule has 1 atom stereocenters. The average Bonchev–Trinajstić information content (AvgIpc) is 3.23. The molecule has 1 fully saturated rings. The van der Waals surface area contributed by atoms with Gasteiger partial charge >= 0.3 is 0 Å². The molecule has 1 aromatic heterocycles. The highest BCUT2D eigenvalue weighted by Gasteiger charge is 2.27. The molecule has 146 valence electrons. The number of carbonyl (C=O) groups is 1. The van der Waals surface area contributed by atoms with Gasteiger partial charge in [-0.15, -0.1) is 0 Å². The van der Waals surface area contributed by atoms with E-state index in [0.29, 0.717) is 13.0 Å². The summed E-state index contributed by atoms with van der Waals surface area (Å²) in [5.74, 6) is 1.88. The number of nitrogens with one attached hydrogen (secondary N) is 1. The van der Waals surface area contributed by atoms with Gasteiger partial charge < -0.3 is 19.4 Å². The van der Waals surface area contributed by atoms with Gasteiger partial charge in [0.15, 0.2) is 0 Å². The molecule has 2 aromatic rings. The van der Waals surface area contributed by atoms with Crippen molar-refractivity contribution in [1.82, 2.24) is 10.2 Å². The molecular formula is C21H29N3O3. The Balaban J connectivity index is 1.60. The molecule has 27 heavy (non-hydrogen) atoms. The molecule has 1 N–H and O–H groups in total. The number of hydrogen-bond acceptors (Lipinski definition) is 5. The number of benzene rings is 1. The van der Waals surface area contributed by atoms with Crippen molar-refractivity contribution in [1.29, 1.82) is 0 Å². The number of anilines is 1. The largest absolute Gasteiger partial charge is 0.497 e. The summed E-state index contributed by atoms with van der Waals surface area (Å²) < 4.78 is 10.9. The lowest BCUT2D eigenvalue weighted by molar-refractivity contribution is -0.121. The van der Waals surface area contributed by atoms with Crippen LogP contribution in [0.1, 0.15) is 31.6 Å². The van der Waals surface area contributed by atoms with Crippen LogP contribution in [0.25, 0.3) is 0 Å². The van der Waals surface area contributed by atoms with Crippen LogP contribution >= 0.6 is 0 Å². The highest BCUT2D eigenvalue weighted by Crippen LogP contribution is 2.25. The monoisotopic (exact) mass is 371 g/mol. The van der Waals surface area contributed by atoms with Crippen molar-refractivity contribution in [3.63, 3.8) is 0 Å². The topological polar surface area (TPSA) is 58.0 Å². The van der Waals surface area contributed by atoms with E-state index in [2.05, 4.69) is 27.2 Å². The van der Waals surface area contributed by atoms with Crippen molar-refractivity contribution >= 4 is 11.6 Å². The summed E-state index contributed by atoms with van der Waals surface area (Å²) in [5.41, 5.74) is 1.21. The summed E-state index contributed by atoms with van der Waals surface area (Å²) in [6.07, 6.45) is 3.12. The van der Waals surface area contributed by atoms with Gasteiger partial charge in [0, 0.05) is 44.8 Å². The van der Waals surface area contributed by atoms with E-state index in [1.54, 1.807) is 13.4 Å². The normalized spacial score (nSPS) is 16.1. The number of hydrogen-bond donors (Lipinski definition) is 1. The van der Waals surface area contributed by atoms with Crippen LogP contribution in [0.5, 0.6) is 5.75 Å². The first-order valence-electron chi connectivity index (χ1n) is 9.64. The van der Waals surface area contributed by atoms with Crippen molar-refractivity contribution in [3.8, 4) is 5.75 Å². The van der Waals surface area contributed by atoms with Crippen LogP contribution in [0, 0.1) is 0 Å². The van der Waals surface area contributed by atoms with Crippen LogP contribution in [0.2, 0.25) is 0 Å². The van der Waals surface area contributed by atoms with E-state index in [1.165, 1.54) is 5.69 Å². The van der Waals surface area contributed by atoms with E-state index in [-0.39, 0.29) is 11.9 Å². The molecule has 6 nitrogen and oxygen atoms in total. The van der Waals surface area contributed by atoms with Crippen LogP contribution in [0.4, 0.5) is 5.69 Å². The summed E-state index contributed by atoms with van der Waals surface area (Å²) in [5, 5.41) is 3.06. The first kappa shape index (κ1) is 19.3. The van der Waals surface area contributed by atoms with Gasteiger partial charge in [-0.05, 0) is 42.8 Å². The Bertz CT molecular complexity index is 692. The number of rotatable bonds is 8. The Morgan fingerprint density at radius 2 is 1.93 bits per heavy atom. The number of ether oxygens (including phenoxy) is 1. The zero-order valence-corrected chi connectivity index (χ0v) is 16.2. The fourth-order valence-electron chi connectivity index (χ4n) is 3.50. The molecule has 0 saturated carbocycles. The highest BCUT2D eigenvalue weighted by atomic mass is 16.5. The number of methoxy groups -OCH3 is 1. The Morgan fingerprint density at radius 1 is 1.19 bits per heavy atom. The highest BCUT2D eigenvalue weighted by molar-refractivity contribution is 5.75. The minimum Gasteiger partial charge on any atom is -0.497 e. The number of nitrogens with zero attached hydrogens (tertiary/aromatic N) is 2. The number of amides is 1. The number of carbonyl (C=O) groups excluding carboxylic acids is 1. The lowest BCUT2D eigenvalue weighted by Crippen LogP contribution is -2.49. The second-order valence-corrected chi connectivity index (χ2v) is 6.81. The van der Waals surface area contributed by atoms with Crippen LogP contribution in [0.3, 0.4) is 0 Å². The zero-order valence-electron chi connectivity index (χ0n) is 16.2. The van der Waals surface area contributed by atoms with Crippen molar-refractivity contribution < 1.29 is 13.9 Å². The van der Waals surface area contributed by atoms with Crippen molar-refractivity contribution in [2.24, 2.45) is 0 Å². The van der Waals surface area contributed by atoms with Gasteiger partial charge in [-0.2, -0.15) is 0 Å². The zero-order chi connectivity index (χ0) is 19.1. The summed E-state index contributed by atoms with van der Waals surface area (Å²) >= 11 is 0. The van der Waals surface area contributed by atoms with Crippen LogP contribution in [-0.4, -0.2) is 50.6 Å². The molecule has 1 aliphatic rings. The quantitative estimate of drug-likeness (QED) is 0.773. The summed E-state index contributed by atoms with van der Waals surface area (Å²) in [7, 11) is 1.68. The van der Waals surface area contributed by atoms with E-state index >= 15 is 0 Å². The SMILES string of the molecule is CCCC(=O)NC[C@@H](c1ccco1)N1CCN(c2ccc(OC)cc2)CC1. The molecule has 2 heterocycles. The maximum absolute atomic E-state index is 11.9. The Hall–Kier alpha value is -2.47. The lowest BCUT2D eigenvalue weighted by atomic mass is 10.1. The summed E-state index contributed by atoms with van der Waals surface area (Å²) in [4.78, 5) is 16.7. The van der Waals surface area contributed by atoms with Crippen LogP contribution in [-0.2, 0) is 4.79 Å². The molecule has 3 rings (SSSR count). The van der Waals surface area contributed by atoms with Crippen molar-refractivity contribution in [3.05, 3.63) is 48.4 Å². The van der Waals surface area contributed by atoms with Gasteiger partial charge in [-0.25, -0.2) is 0 Å².